The van der Waals surface area contributed by atoms with Crippen molar-refractivity contribution in [1.82, 2.24) is 9.71 Å². The third-order valence-electron chi connectivity index (χ3n) is 3.10. The van der Waals surface area contributed by atoms with E-state index in [2.05, 4.69) is 9.71 Å². The summed E-state index contributed by atoms with van der Waals surface area (Å²) >= 11 is 1.50. The smallest absolute Gasteiger partial charge is 0.240 e. The second-order valence-electron chi connectivity index (χ2n) is 4.70. The predicted molar refractivity (Wildman–Crippen MR) is 83.3 cm³/mol. The van der Waals surface area contributed by atoms with Gasteiger partial charge in [-0.2, -0.15) is 0 Å². The first kappa shape index (κ1) is 15.9. The second kappa shape index (κ2) is 6.13. The van der Waals surface area contributed by atoms with Gasteiger partial charge < -0.3 is 4.74 Å². The molecule has 5 nitrogen and oxygen atoms in total. The summed E-state index contributed by atoms with van der Waals surface area (Å²) < 4.78 is 32.4. The van der Waals surface area contributed by atoms with Crippen LogP contribution in [0.15, 0.2) is 23.1 Å². The standard InChI is InChI=1S/C14H18N2O3S2/c1-9-7-12(5-6-13(9)19-4)21(17,18)15-8-14-10(2)16-11(3)20-14/h5-7,15H,8H2,1-4H3. The van der Waals surface area contributed by atoms with E-state index in [1.165, 1.54) is 11.3 Å². The molecule has 2 rings (SSSR count). The third-order valence-corrected chi connectivity index (χ3v) is 5.57. The van der Waals surface area contributed by atoms with E-state index in [9.17, 15) is 8.42 Å². The Morgan fingerprint density at radius 2 is 2.00 bits per heavy atom. The molecule has 7 heteroatoms. The zero-order chi connectivity index (χ0) is 15.6. The molecule has 0 aliphatic heterocycles. The minimum absolute atomic E-state index is 0.236. The van der Waals surface area contributed by atoms with Gasteiger partial charge in [-0.15, -0.1) is 11.3 Å². The van der Waals surface area contributed by atoms with Gasteiger partial charge in [0.1, 0.15) is 5.75 Å². The Bertz CT molecular complexity index is 752. The fourth-order valence-corrected chi connectivity index (χ4v) is 4.05. The summed E-state index contributed by atoms with van der Waals surface area (Å²) in [5.41, 5.74) is 1.65. The summed E-state index contributed by atoms with van der Waals surface area (Å²) in [6, 6.07) is 4.80. The SMILES string of the molecule is COc1ccc(S(=O)(=O)NCc2sc(C)nc2C)cc1C. The number of rotatable bonds is 5. The number of thiazole rings is 1. The van der Waals surface area contributed by atoms with Crippen molar-refractivity contribution in [2.75, 3.05) is 7.11 Å². The van der Waals surface area contributed by atoms with Crippen molar-refractivity contribution in [3.8, 4) is 5.75 Å². The molecule has 0 saturated heterocycles. The number of aryl methyl sites for hydroxylation is 3. The number of methoxy groups -OCH3 is 1. The molecule has 114 valence electrons. The van der Waals surface area contributed by atoms with Crippen LogP contribution in [0.1, 0.15) is 21.1 Å². The van der Waals surface area contributed by atoms with Gasteiger partial charge in [0.2, 0.25) is 10.0 Å². The molecule has 0 amide bonds. The van der Waals surface area contributed by atoms with Crippen molar-refractivity contribution in [3.05, 3.63) is 39.3 Å². The van der Waals surface area contributed by atoms with Gasteiger partial charge in [0.05, 0.1) is 22.7 Å². The molecular weight excluding hydrogens is 308 g/mol. The molecule has 1 aromatic carbocycles. The summed E-state index contributed by atoms with van der Waals surface area (Å²) in [7, 11) is -1.98. The molecule has 1 aromatic heterocycles. The van der Waals surface area contributed by atoms with Crippen LogP contribution in [0.3, 0.4) is 0 Å². The van der Waals surface area contributed by atoms with Crippen LogP contribution < -0.4 is 9.46 Å². The Labute approximate surface area is 129 Å². The lowest BCUT2D eigenvalue weighted by Crippen LogP contribution is -2.23. The van der Waals surface area contributed by atoms with E-state index in [0.717, 1.165) is 21.1 Å². The lowest BCUT2D eigenvalue weighted by atomic mass is 10.2. The molecule has 0 unspecified atom stereocenters. The Morgan fingerprint density at radius 3 is 2.52 bits per heavy atom. The number of sulfonamides is 1. The molecule has 0 aliphatic rings. The largest absolute Gasteiger partial charge is 0.496 e. The summed E-state index contributed by atoms with van der Waals surface area (Å²) in [5, 5.41) is 0.932. The van der Waals surface area contributed by atoms with Gasteiger partial charge in [-0.1, -0.05) is 0 Å². The zero-order valence-electron chi connectivity index (χ0n) is 12.4. The second-order valence-corrected chi connectivity index (χ2v) is 7.75. The Morgan fingerprint density at radius 1 is 1.29 bits per heavy atom. The van der Waals surface area contributed by atoms with Crippen molar-refractivity contribution < 1.29 is 13.2 Å². The number of aromatic nitrogens is 1. The molecule has 0 bridgehead atoms. The Kier molecular flexibility index (Phi) is 4.65. The summed E-state index contributed by atoms with van der Waals surface area (Å²) in [4.78, 5) is 5.46. The van der Waals surface area contributed by atoms with Gasteiger partial charge in [0.25, 0.3) is 0 Å². The van der Waals surface area contributed by atoms with Gasteiger partial charge in [0, 0.05) is 11.4 Å². The van der Waals surface area contributed by atoms with E-state index in [4.69, 9.17) is 4.74 Å². The van der Waals surface area contributed by atoms with Gasteiger partial charge in [-0.3, -0.25) is 0 Å². The van der Waals surface area contributed by atoms with Crippen LogP contribution in [0.4, 0.5) is 0 Å². The highest BCUT2D eigenvalue weighted by Crippen LogP contribution is 2.22. The van der Waals surface area contributed by atoms with Gasteiger partial charge >= 0.3 is 0 Å². The van der Waals surface area contributed by atoms with E-state index in [1.807, 2.05) is 20.8 Å². The molecule has 0 aliphatic carbocycles. The summed E-state index contributed by atoms with van der Waals surface area (Å²) in [6.07, 6.45) is 0. The molecule has 1 heterocycles. The highest BCUT2D eigenvalue weighted by Gasteiger charge is 2.16. The highest BCUT2D eigenvalue weighted by atomic mass is 32.2. The first-order valence-corrected chi connectivity index (χ1v) is 8.70. The van der Waals surface area contributed by atoms with E-state index in [1.54, 1.807) is 25.3 Å². The molecule has 21 heavy (non-hydrogen) atoms. The Balaban J connectivity index is 2.18. The molecule has 0 saturated carbocycles. The average Bonchev–Trinajstić information content (AvgIpc) is 2.74. The number of hydrogen-bond acceptors (Lipinski definition) is 5. The van der Waals surface area contributed by atoms with Crippen LogP contribution in [0.2, 0.25) is 0 Å². The molecule has 0 fully saturated rings. The normalized spacial score (nSPS) is 11.6. The molecule has 0 spiro atoms. The number of nitrogens with zero attached hydrogens (tertiary/aromatic N) is 1. The fourth-order valence-electron chi connectivity index (χ4n) is 2.00. The summed E-state index contributed by atoms with van der Waals surface area (Å²) in [6.45, 7) is 5.85. The van der Waals surface area contributed by atoms with Crippen LogP contribution in [0.5, 0.6) is 5.75 Å². The predicted octanol–water partition coefficient (Wildman–Crippen LogP) is 2.56. The fraction of sp³-hybridized carbons (Fsp3) is 0.357. The minimum atomic E-state index is -3.54. The van der Waals surface area contributed by atoms with Crippen LogP contribution >= 0.6 is 11.3 Å². The maximum Gasteiger partial charge on any atom is 0.240 e. The quantitative estimate of drug-likeness (QED) is 0.917. The van der Waals surface area contributed by atoms with Gasteiger partial charge in [-0.25, -0.2) is 18.1 Å². The van der Waals surface area contributed by atoms with Crippen molar-refractivity contribution in [3.63, 3.8) is 0 Å². The zero-order valence-corrected chi connectivity index (χ0v) is 14.1. The van der Waals surface area contributed by atoms with E-state index >= 15 is 0 Å². The topological polar surface area (TPSA) is 68.3 Å². The van der Waals surface area contributed by atoms with E-state index in [0.29, 0.717) is 5.75 Å². The lowest BCUT2D eigenvalue weighted by Gasteiger charge is -2.09. The molecule has 0 radical (unpaired) electrons. The van der Waals surface area contributed by atoms with Crippen LogP contribution in [0, 0.1) is 20.8 Å². The third kappa shape index (κ3) is 3.61. The Hall–Kier alpha value is -1.44. The van der Waals surface area contributed by atoms with Gasteiger partial charge in [-0.05, 0) is 44.5 Å². The molecule has 2 aromatic rings. The molecule has 1 N–H and O–H groups in total. The van der Waals surface area contributed by atoms with Crippen LogP contribution in [-0.2, 0) is 16.6 Å². The van der Waals surface area contributed by atoms with Crippen molar-refractivity contribution in [1.29, 1.82) is 0 Å². The maximum absolute atomic E-state index is 12.3. The first-order valence-electron chi connectivity index (χ1n) is 6.40. The number of ether oxygens (including phenoxy) is 1. The lowest BCUT2D eigenvalue weighted by molar-refractivity contribution is 0.411. The molecule has 0 atom stereocenters. The van der Waals surface area contributed by atoms with Crippen LogP contribution in [0.25, 0.3) is 0 Å². The maximum atomic E-state index is 12.3. The number of hydrogen-bond donors (Lipinski definition) is 1. The number of benzene rings is 1. The highest BCUT2D eigenvalue weighted by molar-refractivity contribution is 7.89. The minimum Gasteiger partial charge on any atom is -0.496 e. The monoisotopic (exact) mass is 326 g/mol. The van der Waals surface area contributed by atoms with Gasteiger partial charge in [0.15, 0.2) is 0 Å². The molecular formula is C14H18N2O3S2. The van der Waals surface area contributed by atoms with Crippen LogP contribution in [-0.4, -0.2) is 20.5 Å². The average molecular weight is 326 g/mol. The van der Waals surface area contributed by atoms with Crippen molar-refractivity contribution in [2.24, 2.45) is 0 Å². The van der Waals surface area contributed by atoms with Crippen molar-refractivity contribution >= 4 is 21.4 Å². The van der Waals surface area contributed by atoms with Crippen molar-refractivity contribution in [2.45, 2.75) is 32.2 Å². The van der Waals surface area contributed by atoms with E-state index < -0.39 is 10.0 Å². The van der Waals surface area contributed by atoms with E-state index in [-0.39, 0.29) is 11.4 Å². The first-order chi connectivity index (χ1) is 9.83. The number of nitrogens with one attached hydrogen (secondary N) is 1. The summed E-state index contributed by atoms with van der Waals surface area (Å²) in [5.74, 6) is 0.669.